The van der Waals surface area contributed by atoms with Crippen molar-refractivity contribution in [3.8, 4) is 6.07 Å². The molecule has 0 amide bonds. The Morgan fingerprint density at radius 2 is 2.32 bits per heavy atom. The van der Waals surface area contributed by atoms with Gasteiger partial charge >= 0.3 is 0 Å². The van der Waals surface area contributed by atoms with Crippen molar-refractivity contribution in [3.63, 3.8) is 0 Å². The number of anilines is 1. The zero-order valence-corrected chi connectivity index (χ0v) is 10.6. The van der Waals surface area contributed by atoms with E-state index in [1.165, 1.54) is 24.1 Å². The van der Waals surface area contributed by atoms with Crippen molar-refractivity contribution in [3.05, 3.63) is 45.5 Å². The number of nitro groups is 1. The molecule has 5 heteroatoms. The number of nitriles is 1. The molecular weight excluding hydrogens is 242 g/mol. The van der Waals surface area contributed by atoms with Crippen molar-refractivity contribution in [1.82, 2.24) is 0 Å². The van der Waals surface area contributed by atoms with Gasteiger partial charge < -0.3 is 5.32 Å². The van der Waals surface area contributed by atoms with Crippen LogP contribution in [-0.4, -0.2) is 11.5 Å². The molecule has 1 aliphatic rings. The number of hydrogen-bond acceptors (Lipinski definition) is 4. The number of benzene rings is 1. The molecule has 1 aliphatic carbocycles. The topological polar surface area (TPSA) is 79.0 Å². The van der Waals surface area contributed by atoms with Crippen LogP contribution in [0.1, 0.15) is 31.2 Å². The van der Waals surface area contributed by atoms with Gasteiger partial charge in [-0.1, -0.05) is 11.6 Å². The number of nitrogens with zero attached hydrogens (tertiary/aromatic N) is 2. The van der Waals surface area contributed by atoms with Crippen LogP contribution in [-0.2, 0) is 0 Å². The van der Waals surface area contributed by atoms with E-state index >= 15 is 0 Å². The van der Waals surface area contributed by atoms with Gasteiger partial charge in [0, 0.05) is 18.3 Å². The van der Waals surface area contributed by atoms with E-state index in [0.29, 0.717) is 5.69 Å². The van der Waals surface area contributed by atoms with Crippen molar-refractivity contribution in [2.75, 3.05) is 11.9 Å². The van der Waals surface area contributed by atoms with Crippen molar-refractivity contribution in [2.24, 2.45) is 0 Å². The molecule has 2 rings (SSSR count). The Morgan fingerprint density at radius 1 is 1.47 bits per heavy atom. The molecule has 0 radical (unpaired) electrons. The molecule has 0 fully saturated rings. The van der Waals surface area contributed by atoms with E-state index < -0.39 is 4.92 Å². The predicted octanol–water partition coefficient (Wildman–Crippen LogP) is 3.38. The van der Waals surface area contributed by atoms with E-state index in [9.17, 15) is 10.1 Å². The van der Waals surface area contributed by atoms with Crippen LogP contribution in [0.4, 0.5) is 11.4 Å². The molecule has 0 heterocycles. The molecule has 1 aromatic rings. The number of allylic oxidation sites excluding steroid dienone is 1. The number of nitrogens with one attached hydrogen (secondary N) is 1. The van der Waals surface area contributed by atoms with Gasteiger partial charge in [-0.15, -0.1) is 0 Å². The van der Waals surface area contributed by atoms with Gasteiger partial charge in [0.2, 0.25) is 0 Å². The lowest BCUT2D eigenvalue weighted by atomic mass is 10.1. The zero-order valence-electron chi connectivity index (χ0n) is 10.6. The smallest absolute Gasteiger partial charge is 0.289 e. The quantitative estimate of drug-likeness (QED) is 0.498. The van der Waals surface area contributed by atoms with Crippen LogP contribution in [0.25, 0.3) is 0 Å². The molecule has 0 saturated heterocycles. The first kappa shape index (κ1) is 13.1. The van der Waals surface area contributed by atoms with E-state index in [-0.39, 0.29) is 11.3 Å². The normalized spacial score (nSPS) is 13.7. The highest BCUT2D eigenvalue weighted by Gasteiger charge is 2.14. The summed E-state index contributed by atoms with van der Waals surface area (Å²) in [5, 5.41) is 22.8. The summed E-state index contributed by atoms with van der Waals surface area (Å²) in [6.07, 6.45) is 6.79. The van der Waals surface area contributed by atoms with Crippen LogP contribution in [0.2, 0.25) is 0 Å². The van der Waals surface area contributed by atoms with Crippen molar-refractivity contribution >= 4 is 11.4 Å². The fraction of sp³-hybridized carbons (Fsp3) is 0.357. The van der Waals surface area contributed by atoms with Crippen molar-refractivity contribution in [2.45, 2.75) is 25.7 Å². The van der Waals surface area contributed by atoms with Crippen LogP contribution in [0.15, 0.2) is 29.8 Å². The minimum absolute atomic E-state index is 0.0917. The first-order valence-electron chi connectivity index (χ1n) is 6.31. The Labute approximate surface area is 111 Å². The van der Waals surface area contributed by atoms with E-state index in [4.69, 9.17) is 5.26 Å². The lowest BCUT2D eigenvalue weighted by molar-refractivity contribution is -0.385. The highest BCUT2D eigenvalue weighted by molar-refractivity contribution is 5.59. The molecule has 0 bridgehead atoms. The van der Waals surface area contributed by atoms with Gasteiger partial charge in [-0.25, -0.2) is 0 Å². The summed E-state index contributed by atoms with van der Waals surface area (Å²) in [5.74, 6) is 0. The highest BCUT2D eigenvalue weighted by atomic mass is 16.6. The van der Waals surface area contributed by atoms with Crippen LogP contribution < -0.4 is 5.32 Å². The number of rotatable bonds is 5. The average Bonchev–Trinajstić information content (AvgIpc) is 2.91. The minimum atomic E-state index is -0.525. The average molecular weight is 257 g/mol. The maximum absolute atomic E-state index is 10.8. The summed E-state index contributed by atoms with van der Waals surface area (Å²) in [6, 6.07) is 6.43. The maximum Gasteiger partial charge on any atom is 0.289 e. The summed E-state index contributed by atoms with van der Waals surface area (Å²) in [6.45, 7) is 0.759. The monoisotopic (exact) mass is 257 g/mol. The van der Waals surface area contributed by atoms with Gasteiger partial charge in [-0.3, -0.25) is 10.1 Å². The molecule has 0 aromatic heterocycles. The molecule has 0 aliphatic heterocycles. The third kappa shape index (κ3) is 3.32. The number of hydrogen-bond donors (Lipinski definition) is 1. The second-order valence-electron chi connectivity index (χ2n) is 4.53. The van der Waals surface area contributed by atoms with E-state index in [2.05, 4.69) is 11.4 Å². The van der Waals surface area contributed by atoms with Gasteiger partial charge in [0.25, 0.3) is 5.69 Å². The fourth-order valence-corrected chi connectivity index (χ4v) is 2.22. The Morgan fingerprint density at radius 3 is 2.95 bits per heavy atom. The lowest BCUT2D eigenvalue weighted by Crippen LogP contribution is -2.03. The molecule has 1 aromatic carbocycles. The zero-order chi connectivity index (χ0) is 13.7. The molecule has 0 spiro atoms. The summed E-state index contributed by atoms with van der Waals surface area (Å²) in [4.78, 5) is 10.3. The summed E-state index contributed by atoms with van der Waals surface area (Å²) < 4.78 is 0. The SMILES string of the molecule is N#Cc1ccc(NCCC2=CCCC2)cc1[N+](=O)[O-]. The lowest BCUT2D eigenvalue weighted by Gasteiger charge is -2.07. The first-order valence-corrected chi connectivity index (χ1v) is 6.31. The third-order valence-electron chi connectivity index (χ3n) is 3.23. The second kappa shape index (κ2) is 6.01. The molecule has 0 atom stereocenters. The Bertz CT molecular complexity index is 558. The Balaban J connectivity index is 1.99. The molecular formula is C14H15N3O2. The fourth-order valence-electron chi connectivity index (χ4n) is 2.22. The second-order valence-corrected chi connectivity index (χ2v) is 4.53. The summed E-state index contributed by atoms with van der Waals surface area (Å²) in [5.41, 5.74) is 2.08. The van der Waals surface area contributed by atoms with Gasteiger partial charge in [-0.05, 0) is 37.8 Å². The van der Waals surface area contributed by atoms with E-state index in [0.717, 1.165) is 25.8 Å². The van der Waals surface area contributed by atoms with Gasteiger partial charge in [0.1, 0.15) is 11.6 Å². The summed E-state index contributed by atoms with van der Waals surface area (Å²) in [7, 11) is 0. The van der Waals surface area contributed by atoms with Gasteiger partial charge in [0.15, 0.2) is 0 Å². The first-order chi connectivity index (χ1) is 9.20. The number of nitro benzene ring substituents is 1. The molecule has 98 valence electrons. The molecule has 1 N–H and O–H groups in total. The summed E-state index contributed by atoms with van der Waals surface area (Å²) >= 11 is 0. The molecule has 5 nitrogen and oxygen atoms in total. The van der Waals surface area contributed by atoms with Gasteiger partial charge in [0.05, 0.1) is 4.92 Å². The largest absolute Gasteiger partial charge is 0.385 e. The van der Waals surface area contributed by atoms with Crippen LogP contribution in [0.3, 0.4) is 0 Å². The standard InChI is InChI=1S/C14H15N3O2/c15-10-12-5-6-13(9-14(12)17(18)19)16-8-7-11-3-1-2-4-11/h3,5-6,9,16H,1-2,4,7-8H2. The van der Waals surface area contributed by atoms with Crippen LogP contribution >= 0.6 is 0 Å². The van der Waals surface area contributed by atoms with Crippen LogP contribution in [0.5, 0.6) is 0 Å². The van der Waals surface area contributed by atoms with Crippen LogP contribution in [0, 0.1) is 21.4 Å². The van der Waals surface area contributed by atoms with Gasteiger partial charge in [-0.2, -0.15) is 5.26 Å². The Kier molecular flexibility index (Phi) is 4.14. The molecule has 0 unspecified atom stereocenters. The van der Waals surface area contributed by atoms with Crippen molar-refractivity contribution < 1.29 is 4.92 Å². The minimum Gasteiger partial charge on any atom is -0.385 e. The molecule has 19 heavy (non-hydrogen) atoms. The van der Waals surface area contributed by atoms with E-state index in [1.54, 1.807) is 6.07 Å². The maximum atomic E-state index is 10.8. The Hall–Kier alpha value is -2.35. The van der Waals surface area contributed by atoms with Crippen molar-refractivity contribution in [1.29, 1.82) is 5.26 Å². The predicted molar refractivity (Wildman–Crippen MR) is 72.9 cm³/mol. The highest BCUT2D eigenvalue weighted by Crippen LogP contribution is 2.24. The van der Waals surface area contributed by atoms with E-state index in [1.807, 2.05) is 6.07 Å². The molecule has 0 saturated carbocycles. The third-order valence-corrected chi connectivity index (χ3v) is 3.23.